The lowest BCUT2D eigenvalue weighted by Crippen LogP contribution is -2.16. The first-order chi connectivity index (χ1) is 10.6. The molecular weight excluding hydrogens is 292 g/mol. The van der Waals surface area contributed by atoms with Crippen LogP contribution in [0.1, 0.15) is 10.6 Å². The van der Waals surface area contributed by atoms with Crippen LogP contribution in [0.5, 0.6) is 0 Å². The molecule has 0 spiro atoms. The van der Waals surface area contributed by atoms with E-state index in [4.69, 9.17) is 4.42 Å². The minimum Gasteiger partial charge on any atom is -0.451 e. The summed E-state index contributed by atoms with van der Waals surface area (Å²) in [6.07, 6.45) is 0. The molecule has 0 fully saturated rings. The fourth-order valence-electron chi connectivity index (χ4n) is 2.00. The molecular formula is C16H9F2NO3. The predicted octanol–water partition coefficient (Wildman–Crippen LogP) is 3.32. The van der Waals surface area contributed by atoms with Crippen LogP contribution in [-0.2, 0) is 0 Å². The van der Waals surface area contributed by atoms with Gasteiger partial charge in [0.15, 0.2) is 22.8 Å². The summed E-state index contributed by atoms with van der Waals surface area (Å²) in [5.41, 5.74) is -0.493. The summed E-state index contributed by atoms with van der Waals surface area (Å²) in [4.78, 5) is 23.9. The van der Waals surface area contributed by atoms with E-state index in [1.54, 1.807) is 18.2 Å². The molecule has 3 aromatic rings. The molecule has 0 saturated carbocycles. The van der Waals surface area contributed by atoms with Gasteiger partial charge in [0.1, 0.15) is 5.58 Å². The summed E-state index contributed by atoms with van der Waals surface area (Å²) in [6.45, 7) is 0. The average Bonchev–Trinajstić information content (AvgIpc) is 2.52. The van der Waals surface area contributed by atoms with Gasteiger partial charge in [-0.15, -0.1) is 0 Å². The molecule has 22 heavy (non-hydrogen) atoms. The SMILES string of the molecule is O=C(Nc1cccc(F)c1F)c1cc(=O)c2ccccc2o1. The van der Waals surface area contributed by atoms with Crippen LogP contribution in [0.15, 0.2) is 57.7 Å². The molecule has 0 radical (unpaired) electrons. The normalized spacial score (nSPS) is 10.6. The van der Waals surface area contributed by atoms with Crippen molar-refractivity contribution in [2.75, 3.05) is 5.32 Å². The molecule has 3 rings (SSSR count). The molecule has 0 atom stereocenters. The van der Waals surface area contributed by atoms with Crippen LogP contribution in [0, 0.1) is 11.6 Å². The van der Waals surface area contributed by atoms with Crippen molar-refractivity contribution < 1.29 is 18.0 Å². The van der Waals surface area contributed by atoms with E-state index in [1.807, 2.05) is 0 Å². The van der Waals surface area contributed by atoms with Crippen LogP contribution in [0.4, 0.5) is 14.5 Å². The second-order valence-electron chi connectivity index (χ2n) is 4.53. The first-order valence-corrected chi connectivity index (χ1v) is 6.34. The van der Waals surface area contributed by atoms with Crippen molar-refractivity contribution in [1.29, 1.82) is 0 Å². The minimum atomic E-state index is -1.18. The monoisotopic (exact) mass is 301 g/mol. The molecule has 0 aliphatic rings. The highest BCUT2D eigenvalue weighted by atomic mass is 19.2. The number of rotatable bonds is 2. The molecule has 1 N–H and O–H groups in total. The van der Waals surface area contributed by atoms with Gasteiger partial charge in [0, 0.05) is 6.07 Å². The van der Waals surface area contributed by atoms with Crippen molar-refractivity contribution in [2.24, 2.45) is 0 Å². The lowest BCUT2D eigenvalue weighted by Gasteiger charge is -2.06. The van der Waals surface area contributed by atoms with Gasteiger partial charge in [-0.1, -0.05) is 18.2 Å². The third kappa shape index (κ3) is 2.46. The van der Waals surface area contributed by atoms with Gasteiger partial charge in [0.25, 0.3) is 5.91 Å². The van der Waals surface area contributed by atoms with E-state index in [9.17, 15) is 18.4 Å². The fourth-order valence-corrected chi connectivity index (χ4v) is 2.00. The molecule has 1 heterocycles. The number of carbonyl (C=O) groups excluding carboxylic acids is 1. The second-order valence-corrected chi connectivity index (χ2v) is 4.53. The Kier molecular flexibility index (Phi) is 3.42. The highest BCUT2D eigenvalue weighted by molar-refractivity contribution is 6.03. The number of anilines is 1. The number of halogens is 2. The third-order valence-electron chi connectivity index (χ3n) is 3.06. The highest BCUT2D eigenvalue weighted by Gasteiger charge is 2.15. The molecule has 0 bridgehead atoms. The number of nitrogens with one attached hydrogen (secondary N) is 1. The summed E-state index contributed by atoms with van der Waals surface area (Å²) in [5.74, 6) is -3.39. The van der Waals surface area contributed by atoms with Gasteiger partial charge in [-0.25, -0.2) is 8.78 Å². The van der Waals surface area contributed by atoms with Crippen molar-refractivity contribution in [2.45, 2.75) is 0 Å². The molecule has 6 heteroatoms. The smallest absolute Gasteiger partial charge is 0.291 e. The van der Waals surface area contributed by atoms with Gasteiger partial charge >= 0.3 is 0 Å². The van der Waals surface area contributed by atoms with Crippen LogP contribution in [0.2, 0.25) is 0 Å². The molecule has 0 aliphatic carbocycles. The summed E-state index contributed by atoms with van der Waals surface area (Å²) >= 11 is 0. The second kappa shape index (κ2) is 5.40. The van der Waals surface area contributed by atoms with Gasteiger partial charge in [-0.2, -0.15) is 0 Å². The standard InChI is InChI=1S/C16H9F2NO3/c17-10-5-3-6-11(15(10)18)19-16(21)14-8-12(20)9-4-1-2-7-13(9)22-14/h1-8H,(H,19,21). The molecule has 0 unspecified atom stereocenters. The molecule has 1 amide bonds. The Morgan fingerprint density at radius 2 is 1.82 bits per heavy atom. The number of hydrogen-bond donors (Lipinski definition) is 1. The topological polar surface area (TPSA) is 59.3 Å². The van der Waals surface area contributed by atoms with E-state index in [1.165, 1.54) is 18.2 Å². The van der Waals surface area contributed by atoms with Crippen LogP contribution in [0.3, 0.4) is 0 Å². The van der Waals surface area contributed by atoms with Crippen LogP contribution in [-0.4, -0.2) is 5.91 Å². The predicted molar refractivity (Wildman–Crippen MR) is 76.8 cm³/mol. The Morgan fingerprint density at radius 1 is 1.05 bits per heavy atom. The molecule has 110 valence electrons. The van der Waals surface area contributed by atoms with Crippen molar-refractivity contribution in [1.82, 2.24) is 0 Å². The summed E-state index contributed by atoms with van der Waals surface area (Å²) in [7, 11) is 0. The molecule has 0 aliphatic heterocycles. The lowest BCUT2D eigenvalue weighted by molar-refractivity contribution is 0.0996. The van der Waals surface area contributed by atoms with E-state index in [-0.39, 0.29) is 17.0 Å². The zero-order valence-electron chi connectivity index (χ0n) is 11.1. The quantitative estimate of drug-likeness (QED) is 0.790. The van der Waals surface area contributed by atoms with Gasteiger partial charge in [-0.05, 0) is 24.3 Å². The Balaban J connectivity index is 1.99. The summed E-state index contributed by atoms with van der Waals surface area (Å²) in [6, 6.07) is 10.8. The zero-order chi connectivity index (χ0) is 15.7. The largest absolute Gasteiger partial charge is 0.451 e. The average molecular weight is 301 g/mol. The first kappa shape index (κ1) is 13.9. The van der Waals surface area contributed by atoms with Crippen molar-refractivity contribution >= 4 is 22.6 Å². The summed E-state index contributed by atoms with van der Waals surface area (Å²) < 4.78 is 32.0. The molecule has 1 aromatic heterocycles. The van der Waals surface area contributed by atoms with Crippen molar-refractivity contribution in [3.8, 4) is 0 Å². The molecule has 2 aromatic carbocycles. The lowest BCUT2D eigenvalue weighted by atomic mass is 10.2. The van der Waals surface area contributed by atoms with Crippen LogP contribution in [0.25, 0.3) is 11.0 Å². The fraction of sp³-hybridized carbons (Fsp3) is 0. The third-order valence-corrected chi connectivity index (χ3v) is 3.06. The highest BCUT2D eigenvalue weighted by Crippen LogP contribution is 2.18. The van der Waals surface area contributed by atoms with Gasteiger partial charge in [0.2, 0.25) is 0 Å². The Bertz CT molecular complexity index is 934. The number of para-hydroxylation sites is 1. The van der Waals surface area contributed by atoms with E-state index in [2.05, 4.69) is 5.32 Å². The maximum Gasteiger partial charge on any atom is 0.291 e. The first-order valence-electron chi connectivity index (χ1n) is 6.34. The van der Waals surface area contributed by atoms with Gasteiger partial charge in [0.05, 0.1) is 11.1 Å². The number of hydrogen-bond acceptors (Lipinski definition) is 3. The van der Waals surface area contributed by atoms with Crippen molar-refractivity contribution in [3.63, 3.8) is 0 Å². The molecule has 4 nitrogen and oxygen atoms in total. The van der Waals surface area contributed by atoms with E-state index < -0.39 is 23.0 Å². The Morgan fingerprint density at radius 3 is 2.64 bits per heavy atom. The van der Waals surface area contributed by atoms with Crippen LogP contribution < -0.4 is 10.7 Å². The van der Waals surface area contributed by atoms with E-state index >= 15 is 0 Å². The Hall–Kier alpha value is -3.02. The number of fused-ring (bicyclic) bond motifs is 1. The Labute approximate surface area is 123 Å². The number of benzene rings is 2. The zero-order valence-corrected chi connectivity index (χ0v) is 11.1. The maximum absolute atomic E-state index is 13.5. The minimum absolute atomic E-state index is 0.236. The van der Waals surface area contributed by atoms with E-state index in [0.717, 1.165) is 12.1 Å². The van der Waals surface area contributed by atoms with Crippen LogP contribution >= 0.6 is 0 Å². The number of amides is 1. The number of carbonyl (C=O) groups is 1. The van der Waals surface area contributed by atoms with Crippen molar-refractivity contribution in [3.05, 3.63) is 76.1 Å². The van der Waals surface area contributed by atoms with Gasteiger partial charge in [-0.3, -0.25) is 9.59 Å². The summed E-state index contributed by atoms with van der Waals surface area (Å²) in [5, 5.41) is 2.50. The maximum atomic E-state index is 13.5. The van der Waals surface area contributed by atoms with Gasteiger partial charge < -0.3 is 9.73 Å². The molecule has 0 saturated heterocycles. The van der Waals surface area contributed by atoms with E-state index in [0.29, 0.717) is 5.39 Å².